The zero-order chi connectivity index (χ0) is 34.7. The first kappa shape index (κ1) is 44.2. The lowest BCUT2D eigenvalue weighted by atomic mass is 9.98. The highest BCUT2D eigenvalue weighted by Gasteiger charge is 2.44. The first-order chi connectivity index (χ1) is 22.8. The number of ether oxygens (including phenoxy) is 2. The normalized spacial score (nSPS) is 23.4. The summed E-state index contributed by atoms with van der Waals surface area (Å²) in [5, 5.41) is 64.6. The van der Waals surface area contributed by atoms with Crippen LogP contribution in [0.2, 0.25) is 0 Å². The molecular weight excluding hydrogens is 602 g/mol. The van der Waals surface area contributed by atoms with Gasteiger partial charge in [-0.2, -0.15) is 0 Å². The van der Waals surface area contributed by atoms with Crippen molar-refractivity contribution in [2.45, 2.75) is 217 Å². The van der Waals surface area contributed by atoms with Gasteiger partial charge in [-0.3, -0.25) is 4.79 Å². The Morgan fingerprint density at radius 2 is 1.11 bits per heavy atom. The quantitative estimate of drug-likeness (QED) is 0.0475. The van der Waals surface area contributed by atoms with E-state index in [1.807, 2.05) is 0 Å². The standard InChI is InChI=1S/C37H73NO9/c1-3-5-7-9-11-12-13-14-15-16-17-18-20-21-23-25-30(40)33(42)29(38-32(41)26-24-22-19-10-8-6-4-2)28-46-37-36(45)35(44)34(43)31(27-39)47-37/h29-31,33-37,39-40,42-45H,3-28H2,1-2H3,(H,38,41)/t29-,30+,31+,33-,34-,35?,36?,37+/m0/s1. The number of hydrogen-bond acceptors (Lipinski definition) is 9. The minimum Gasteiger partial charge on any atom is -0.394 e. The molecule has 8 atom stereocenters. The first-order valence-electron chi connectivity index (χ1n) is 19.3. The fourth-order valence-electron chi connectivity index (χ4n) is 6.31. The summed E-state index contributed by atoms with van der Waals surface area (Å²) in [6, 6.07) is -0.981. The summed E-state index contributed by atoms with van der Waals surface area (Å²) in [7, 11) is 0. The van der Waals surface area contributed by atoms with Crippen molar-refractivity contribution >= 4 is 5.91 Å². The molecular formula is C37H73NO9. The van der Waals surface area contributed by atoms with E-state index in [0.717, 1.165) is 44.9 Å². The van der Waals surface area contributed by atoms with Gasteiger partial charge in [0.05, 0.1) is 25.4 Å². The van der Waals surface area contributed by atoms with Crippen molar-refractivity contribution in [2.24, 2.45) is 0 Å². The predicted molar refractivity (Wildman–Crippen MR) is 186 cm³/mol. The van der Waals surface area contributed by atoms with Crippen LogP contribution < -0.4 is 5.32 Å². The van der Waals surface area contributed by atoms with Crippen LogP contribution >= 0.6 is 0 Å². The molecule has 10 heteroatoms. The second-order valence-corrected chi connectivity index (χ2v) is 13.9. The van der Waals surface area contributed by atoms with Crippen molar-refractivity contribution in [1.29, 1.82) is 0 Å². The molecule has 0 aromatic heterocycles. The summed E-state index contributed by atoms with van der Waals surface area (Å²) in [6.07, 6.45) is 17.1. The fourth-order valence-corrected chi connectivity index (χ4v) is 6.31. The molecule has 280 valence electrons. The number of carbonyl (C=O) groups is 1. The van der Waals surface area contributed by atoms with Gasteiger partial charge in [0.2, 0.25) is 5.91 Å². The van der Waals surface area contributed by atoms with E-state index < -0.39 is 55.6 Å². The highest BCUT2D eigenvalue weighted by Crippen LogP contribution is 2.23. The van der Waals surface area contributed by atoms with Gasteiger partial charge < -0.3 is 45.4 Å². The number of nitrogens with one attached hydrogen (secondary N) is 1. The molecule has 2 unspecified atom stereocenters. The van der Waals surface area contributed by atoms with E-state index in [9.17, 15) is 35.4 Å². The Morgan fingerprint density at radius 3 is 1.57 bits per heavy atom. The maximum atomic E-state index is 12.8. The Bertz CT molecular complexity index is 728. The van der Waals surface area contributed by atoms with Crippen LogP contribution in [0.4, 0.5) is 0 Å². The Labute approximate surface area is 286 Å². The summed E-state index contributed by atoms with van der Waals surface area (Å²) in [6.45, 7) is 3.53. The van der Waals surface area contributed by atoms with E-state index in [0.29, 0.717) is 6.42 Å². The van der Waals surface area contributed by atoms with Crippen molar-refractivity contribution in [3.05, 3.63) is 0 Å². The van der Waals surface area contributed by atoms with Gasteiger partial charge in [-0.25, -0.2) is 0 Å². The highest BCUT2D eigenvalue weighted by molar-refractivity contribution is 5.76. The minimum atomic E-state index is -1.60. The first-order valence-corrected chi connectivity index (χ1v) is 19.3. The maximum Gasteiger partial charge on any atom is 0.220 e. The Morgan fingerprint density at radius 1 is 0.660 bits per heavy atom. The molecule has 0 bridgehead atoms. The SMILES string of the molecule is CCCCCCCCCCCCCCCCC[C@@H](O)[C@@H](O)[C@H](CO[C@@H]1O[C@H](CO)[C@H](O)C(O)C1O)NC(=O)CCCCCCCCC. The lowest BCUT2D eigenvalue weighted by molar-refractivity contribution is -0.303. The summed E-state index contributed by atoms with van der Waals surface area (Å²) >= 11 is 0. The molecule has 1 aliphatic rings. The molecule has 1 saturated heterocycles. The van der Waals surface area contributed by atoms with Gasteiger partial charge in [0.1, 0.15) is 30.5 Å². The third-order valence-electron chi connectivity index (χ3n) is 9.55. The van der Waals surface area contributed by atoms with Crippen LogP contribution in [0.25, 0.3) is 0 Å². The van der Waals surface area contributed by atoms with Crippen LogP contribution in [-0.2, 0) is 14.3 Å². The number of aliphatic hydroxyl groups excluding tert-OH is 6. The van der Waals surface area contributed by atoms with Gasteiger partial charge in [-0.15, -0.1) is 0 Å². The minimum absolute atomic E-state index is 0.265. The third-order valence-corrected chi connectivity index (χ3v) is 9.55. The van der Waals surface area contributed by atoms with E-state index in [1.54, 1.807) is 0 Å². The molecule has 0 aromatic rings. The van der Waals surface area contributed by atoms with E-state index in [-0.39, 0.29) is 18.9 Å². The van der Waals surface area contributed by atoms with Gasteiger partial charge in [-0.1, -0.05) is 149 Å². The van der Waals surface area contributed by atoms with Gasteiger partial charge in [-0.05, 0) is 12.8 Å². The average molecular weight is 676 g/mol. The van der Waals surface area contributed by atoms with E-state index >= 15 is 0 Å². The summed E-state index contributed by atoms with van der Waals surface area (Å²) in [4.78, 5) is 12.8. The molecule has 1 rings (SSSR count). The van der Waals surface area contributed by atoms with Crippen molar-refractivity contribution in [3.63, 3.8) is 0 Å². The van der Waals surface area contributed by atoms with E-state index in [1.165, 1.54) is 96.3 Å². The summed E-state index contributed by atoms with van der Waals surface area (Å²) in [5.41, 5.74) is 0. The van der Waals surface area contributed by atoms with Gasteiger partial charge >= 0.3 is 0 Å². The van der Waals surface area contributed by atoms with Crippen molar-refractivity contribution < 1.29 is 44.9 Å². The molecule has 47 heavy (non-hydrogen) atoms. The van der Waals surface area contributed by atoms with Crippen LogP contribution in [-0.4, -0.2) is 98.7 Å². The number of aliphatic hydroxyl groups is 6. The molecule has 7 N–H and O–H groups in total. The Balaban J connectivity index is 2.44. The molecule has 0 saturated carbocycles. The van der Waals surface area contributed by atoms with Gasteiger partial charge in [0, 0.05) is 6.42 Å². The number of unbranched alkanes of at least 4 members (excludes halogenated alkanes) is 20. The number of carbonyl (C=O) groups excluding carboxylic acids is 1. The van der Waals surface area contributed by atoms with Crippen LogP contribution in [0.15, 0.2) is 0 Å². The van der Waals surface area contributed by atoms with Crippen molar-refractivity contribution in [3.8, 4) is 0 Å². The van der Waals surface area contributed by atoms with Crippen LogP contribution in [0.1, 0.15) is 168 Å². The lowest BCUT2D eigenvalue weighted by Gasteiger charge is -2.40. The second kappa shape index (κ2) is 28.9. The molecule has 1 heterocycles. The van der Waals surface area contributed by atoms with Gasteiger partial charge in [0.15, 0.2) is 6.29 Å². The average Bonchev–Trinajstić information content (AvgIpc) is 3.07. The molecule has 1 fully saturated rings. The monoisotopic (exact) mass is 676 g/mol. The molecule has 1 amide bonds. The van der Waals surface area contributed by atoms with Crippen LogP contribution in [0, 0.1) is 0 Å². The molecule has 1 aliphatic heterocycles. The van der Waals surface area contributed by atoms with Crippen LogP contribution in [0.5, 0.6) is 0 Å². The van der Waals surface area contributed by atoms with Crippen LogP contribution in [0.3, 0.4) is 0 Å². The summed E-state index contributed by atoms with van der Waals surface area (Å²) < 4.78 is 11.1. The number of amides is 1. The van der Waals surface area contributed by atoms with Crippen molar-refractivity contribution in [1.82, 2.24) is 5.32 Å². The number of rotatable bonds is 31. The smallest absolute Gasteiger partial charge is 0.220 e. The second-order valence-electron chi connectivity index (χ2n) is 13.9. The number of hydrogen-bond donors (Lipinski definition) is 7. The van der Waals surface area contributed by atoms with E-state index in [2.05, 4.69) is 19.2 Å². The Hall–Kier alpha value is -0.850. The Kier molecular flexibility index (Phi) is 27.2. The molecule has 10 nitrogen and oxygen atoms in total. The molecule has 0 aromatic carbocycles. The van der Waals surface area contributed by atoms with Crippen molar-refractivity contribution in [2.75, 3.05) is 13.2 Å². The maximum absolute atomic E-state index is 12.8. The van der Waals surface area contributed by atoms with Gasteiger partial charge in [0.25, 0.3) is 0 Å². The zero-order valence-corrected chi connectivity index (χ0v) is 29.9. The topological polar surface area (TPSA) is 169 Å². The fraction of sp³-hybridized carbons (Fsp3) is 0.973. The highest BCUT2D eigenvalue weighted by atomic mass is 16.7. The van der Waals surface area contributed by atoms with E-state index in [4.69, 9.17) is 9.47 Å². The predicted octanol–water partition coefficient (Wildman–Crippen LogP) is 5.41. The molecule has 0 spiro atoms. The molecule has 0 aliphatic carbocycles. The molecule has 0 radical (unpaired) electrons. The largest absolute Gasteiger partial charge is 0.394 e. The summed E-state index contributed by atoms with van der Waals surface area (Å²) in [5.74, 6) is -0.265. The lowest BCUT2D eigenvalue weighted by Crippen LogP contribution is -2.60. The zero-order valence-electron chi connectivity index (χ0n) is 29.9. The third kappa shape index (κ3) is 20.4.